The third-order valence-corrected chi connectivity index (χ3v) is 5.33. The summed E-state index contributed by atoms with van der Waals surface area (Å²) in [7, 11) is 2.03. The summed E-state index contributed by atoms with van der Waals surface area (Å²) in [6.07, 6.45) is 6.99. The lowest BCUT2D eigenvalue weighted by molar-refractivity contribution is -0.127. The summed E-state index contributed by atoms with van der Waals surface area (Å²) in [5, 5.41) is 6.61. The first kappa shape index (κ1) is 15.8. The lowest BCUT2D eigenvalue weighted by Crippen LogP contribution is -2.52. The van der Waals surface area contributed by atoms with Gasteiger partial charge in [0.25, 0.3) is 0 Å². The van der Waals surface area contributed by atoms with E-state index in [4.69, 9.17) is 0 Å². The molecule has 1 aliphatic carbocycles. The van der Waals surface area contributed by atoms with Gasteiger partial charge in [0.1, 0.15) is 0 Å². The van der Waals surface area contributed by atoms with E-state index < -0.39 is 0 Å². The number of nitrogens with one attached hydrogen (secondary N) is 2. The average molecular weight is 281 g/mol. The molecule has 0 spiro atoms. The van der Waals surface area contributed by atoms with Gasteiger partial charge in [0.05, 0.1) is 6.04 Å². The number of carbonyl (C=O) groups excluding carboxylic acids is 1. The fourth-order valence-corrected chi connectivity index (χ4v) is 3.96. The van der Waals surface area contributed by atoms with Crippen LogP contribution >= 0.6 is 0 Å². The van der Waals surface area contributed by atoms with E-state index in [-0.39, 0.29) is 11.9 Å². The number of rotatable bonds is 4. The lowest BCUT2D eigenvalue weighted by Gasteiger charge is -2.34. The Hall–Kier alpha value is -0.610. The second-order valence-corrected chi connectivity index (χ2v) is 6.74. The molecule has 4 heteroatoms. The van der Waals surface area contributed by atoms with Crippen molar-refractivity contribution in [1.82, 2.24) is 15.5 Å². The van der Waals surface area contributed by atoms with Crippen LogP contribution in [-0.2, 0) is 4.79 Å². The number of amides is 1. The van der Waals surface area contributed by atoms with Crippen LogP contribution < -0.4 is 10.6 Å². The molecule has 0 aromatic heterocycles. The molecule has 1 saturated heterocycles. The van der Waals surface area contributed by atoms with E-state index in [1.165, 1.54) is 25.7 Å². The fraction of sp³-hybridized carbons (Fsp3) is 0.938. The maximum atomic E-state index is 12.5. The van der Waals surface area contributed by atoms with Crippen molar-refractivity contribution in [2.45, 2.75) is 89.5 Å². The van der Waals surface area contributed by atoms with Gasteiger partial charge in [-0.05, 0) is 66.3 Å². The average Bonchev–Trinajstić information content (AvgIpc) is 2.78. The van der Waals surface area contributed by atoms with E-state index in [1.807, 2.05) is 7.05 Å². The van der Waals surface area contributed by atoms with E-state index >= 15 is 0 Å². The summed E-state index contributed by atoms with van der Waals surface area (Å²) < 4.78 is 0. The predicted octanol–water partition coefficient (Wildman–Crippen LogP) is 1.89. The number of carbonyl (C=O) groups is 1. The second kappa shape index (κ2) is 6.90. The molecule has 116 valence electrons. The summed E-state index contributed by atoms with van der Waals surface area (Å²) in [5.41, 5.74) is 0. The van der Waals surface area contributed by atoms with Gasteiger partial charge in [-0.1, -0.05) is 0 Å². The molecule has 2 fully saturated rings. The minimum Gasteiger partial charge on any atom is -0.352 e. The molecule has 0 aromatic carbocycles. The minimum atomic E-state index is 0.00419. The molecule has 1 saturated carbocycles. The van der Waals surface area contributed by atoms with Gasteiger partial charge in [0, 0.05) is 24.2 Å². The maximum Gasteiger partial charge on any atom is 0.237 e. The number of hydrogen-bond acceptors (Lipinski definition) is 3. The summed E-state index contributed by atoms with van der Waals surface area (Å²) in [5.74, 6) is 0.221. The monoisotopic (exact) mass is 281 g/mol. The molecule has 0 radical (unpaired) electrons. The Kier molecular flexibility index (Phi) is 5.44. The first-order valence-electron chi connectivity index (χ1n) is 8.28. The van der Waals surface area contributed by atoms with Gasteiger partial charge in [0.2, 0.25) is 5.91 Å². The Morgan fingerprint density at radius 1 is 1.00 bits per heavy atom. The highest BCUT2D eigenvalue weighted by Crippen LogP contribution is 2.26. The molecule has 3 unspecified atom stereocenters. The Balaban J connectivity index is 1.82. The van der Waals surface area contributed by atoms with Gasteiger partial charge < -0.3 is 10.6 Å². The molecule has 20 heavy (non-hydrogen) atoms. The Labute approximate surface area is 123 Å². The van der Waals surface area contributed by atoms with Crippen molar-refractivity contribution < 1.29 is 4.79 Å². The highest BCUT2D eigenvalue weighted by molar-refractivity contribution is 5.81. The smallest absolute Gasteiger partial charge is 0.237 e. The summed E-state index contributed by atoms with van der Waals surface area (Å²) in [4.78, 5) is 14.9. The molecule has 0 aromatic rings. The fourth-order valence-electron chi connectivity index (χ4n) is 3.96. The Morgan fingerprint density at radius 2 is 1.50 bits per heavy atom. The maximum absolute atomic E-state index is 12.5. The molecule has 1 amide bonds. The number of nitrogens with zero attached hydrogens (tertiary/aromatic N) is 1. The van der Waals surface area contributed by atoms with Gasteiger partial charge in [-0.2, -0.15) is 0 Å². The zero-order chi connectivity index (χ0) is 14.7. The van der Waals surface area contributed by atoms with E-state index in [1.54, 1.807) is 0 Å². The van der Waals surface area contributed by atoms with E-state index in [0.717, 1.165) is 12.8 Å². The Bertz CT molecular complexity index is 316. The summed E-state index contributed by atoms with van der Waals surface area (Å²) in [6.45, 7) is 6.55. The normalized spacial score (nSPS) is 36.8. The van der Waals surface area contributed by atoms with Gasteiger partial charge in [0.15, 0.2) is 0 Å². The van der Waals surface area contributed by atoms with Crippen LogP contribution in [0, 0.1) is 0 Å². The van der Waals surface area contributed by atoms with E-state index in [2.05, 4.69) is 36.3 Å². The van der Waals surface area contributed by atoms with Gasteiger partial charge >= 0.3 is 0 Å². The highest BCUT2D eigenvalue weighted by atomic mass is 16.2. The van der Waals surface area contributed by atoms with Crippen molar-refractivity contribution in [1.29, 1.82) is 0 Å². The van der Waals surface area contributed by atoms with Crippen LogP contribution in [0.5, 0.6) is 0 Å². The highest BCUT2D eigenvalue weighted by Gasteiger charge is 2.35. The van der Waals surface area contributed by atoms with Crippen LogP contribution in [0.15, 0.2) is 0 Å². The first-order valence-corrected chi connectivity index (χ1v) is 8.28. The second-order valence-electron chi connectivity index (χ2n) is 6.74. The largest absolute Gasteiger partial charge is 0.352 e. The molecule has 2 aliphatic rings. The summed E-state index contributed by atoms with van der Waals surface area (Å²) in [6, 6.07) is 2.09. The number of likely N-dealkylation sites (tertiary alicyclic amines) is 1. The van der Waals surface area contributed by atoms with Crippen molar-refractivity contribution in [2.75, 3.05) is 7.05 Å². The zero-order valence-corrected chi connectivity index (χ0v) is 13.5. The SMILES string of the molecule is CNC1CCC(NC(=O)C(C)N2C(C)CCC2C)CC1. The molecular weight excluding hydrogens is 250 g/mol. The van der Waals surface area contributed by atoms with Crippen molar-refractivity contribution in [3.05, 3.63) is 0 Å². The Morgan fingerprint density at radius 3 is 2.00 bits per heavy atom. The molecule has 4 nitrogen and oxygen atoms in total. The molecule has 1 aliphatic heterocycles. The van der Waals surface area contributed by atoms with Gasteiger partial charge in [-0.15, -0.1) is 0 Å². The third kappa shape index (κ3) is 3.53. The zero-order valence-electron chi connectivity index (χ0n) is 13.5. The standard InChI is InChI=1S/C16H31N3O/c1-11-5-6-12(2)19(11)13(3)16(20)18-15-9-7-14(17-4)8-10-15/h11-15,17H,5-10H2,1-4H3,(H,18,20). The topological polar surface area (TPSA) is 44.4 Å². The summed E-state index contributed by atoms with van der Waals surface area (Å²) >= 11 is 0. The first-order chi connectivity index (χ1) is 9.52. The number of hydrogen-bond donors (Lipinski definition) is 2. The molecule has 0 bridgehead atoms. The van der Waals surface area contributed by atoms with Gasteiger partial charge in [-0.3, -0.25) is 9.69 Å². The van der Waals surface area contributed by atoms with Crippen LogP contribution in [0.2, 0.25) is 0 Å². The van der Waals surface area contributed by atoms with Crippen molar-refractivity contribution in [3.63, 3.8) is 0 Å². The van der Waals surface area contributed by atoms with Crippen molar-refractivity contribution in [3.8, 4) is 0 Å². The lowest BCUT2D eigenvalue weighted by atomic mass is 9.91. The van der Waals surface area contributed by atoms with Crippen LogP contribution in [0.3, 0.4) is 0 Å². The van der Waals surface area contributed by atoms with Gasteiger partial charge in [-0.25, -0.2) is 0 Å². The molecule has 3 atom stereocenters. The molecule has 2 rings (SSSR count). The van der Waals surface area contributed by atoms with Crippen LogP contribution in [0.25, 0.3) is 0 Å². The van der Waals surface area contributed by atoms with Crippen molar-refractivity contribution in [2.24, 2.45) is 0 Å². The van der Waals surface area contributed by atoms with Crippen molar-refractivity contribution >= 4 is 5.91 Å². The van der Waals surface area contributed by atoms with E-state index in [9.17, 15) is 4.79 Å². The molecular formula is C16H31N3O. The molecule has 2 N–H and O–H groups in total. The molecule has 1 heterocycles. The predicted molar refractivity (Wildman–Crippen MR) is 82.7 cm³/mol. The van der Waals surface area contributed by atoms with Crippen LogP contribution in [-0.4, -0.2) is 48.1 Å². The van der Waals surface area contributed by atoms with Crippen LogP contribution in [0.1, 0.15) is 59.3 Å². The third-order valence-electron chi connectivity index (χ3n) is 5.33. The quantitative estimate of drug-likeness (QED) is 0.827. The van der Waals surface area contributed by atoms with Crippen LogP contribution in [0.4, 0.5) is 0 Å². The minimum absolute atomic E-state index is 0.00419. The van der Waals surface area contributed by atoms with E-state index in [0.29, 0.717) is 24.2 Å².